The van der Waals surface area contributed by atoms with E-state index in [4.69, 9.17) is 5.73 Å². The molecule has 0 aromatic heterocycles. The van der Waals surface area contributed by atoms with Gasteiger partial charge in [0.1, 0.15) is 0 Å². The Hall–Kier alpha value is -1.51. The van der Waals surface area contributed by atoms with Crippen LogP contribution in [0.25, 0.3) is 0 Å². The fraction of sp³-hybridized carbons (Fsp3) is 0.611. The maximum Gasteiger partial charge on any atom is 0.230 e. The van der Waals surface area contributed by atoms with Crippen LogP contribution in [0.3, 0.4) is 0 Å². The van der Waals surface area contributed by atoms with E-state index in [1.165, 1.54) is 32.1 Å². The molecule has 3 heteroatoms. The maximum atomic E-state index is 12.5. The highest BCUT2D eigenvalue weighted by Crippen LogP contribution is 2.48. The van der Waals surface area contributed by atoms with E-state index >= 15 is 0 Å². The fourth-order valence-corrected chi connectivity index (χ4v) is 3.61. The largest absolute Gasteiger partial charge is 0.399 e. The molecule has 1 aromatic rings. The van der Waals surface area contributed by atoms with E-state index in [0.717, 1.165) is 43.0 Å². The van der Waals surface area contributed by atoms with Gasteiger partial charge in [0.15, 0.2) is 0 Å². The van der Waals surface area contributed by atoms with Crippen molar-refractivity contribution in [2.45, 2.75) is 56.8 Å². The molecule has 0 bridgehead atoms. The first-order valence-corrected chi connectivity index (χ1v) is 8.35. The summed E-state index contributed by atoms with van der Waals surface area (Å²) in [4.78, 5) is 12.5. The highest BCUT2D eigenvalue weighted by atomic mass is 16.2. The van der Waals surface area contributed by atoms with Gasteiger partial charge in [-0.1, -0.05) is 44.2 Å². The summed E-state index contributed by atoms with van der Waals surface area (Å²) in [6, 6.07) is 7.79. The van der Waals surface area contributed by atoms with Gasteiger partial charge in [0.2, 0.25) is 5.91 Å². The van der Waals surface area contributed by atoms with Crippen LogP contribution in [0.1, 0.15) is 56.9 Å². The lowest BCUT2D eigenvalue weighted by atomic mass is 9.87. The van der Waals surface area contributed by atoms with Crippen molar-refractivity contribution in [2.24, 2.45) is 5.92 Å². The van der Waals surface area contributed by atoms with Crippen molar-refractivity contribution in [2.75, 3.05) is 12.3 Å². The molecule has 21 heavy (non-hydrogen) atoms. The molecular formula is C18H26N2O. The summed E-state index contributed by atoms with van der Waals surface area (Å²) in [6.45, 7) is 0.834. The number of nitrogen functional groups attached to an aromatic ring is 1. The van der Waals surface area contributed by atoms with Crippen molar-refractivity contribution in [3.8, 4) is 0 Å². The lowest BCUT2D eigenvalue weighted by molar-refractivity contribution is -0.123. The zero-order valence-electron chi connectivity index (χ0n) is 12.7. The Kier molecular flexibility index (Phi) is 4.18. The molecule has 0 radical (unpaired) electrons. The van der Waals surface area contributed by atoms with Gasteiger partial charge >= 0.3 is 0 Å². The number of benzene rings is 1. The first kappa shape index (κ1) is 14.4. The quantitative estimate of drug-likeness (QED) is 0.815. The summed E-state index contributed by atoms with van der Waals surface area (Å²) >= 11 is 0. The average molecular weight is 286 g/mol. The van der Waals surface area contributed by atoms with Gasteiger partial charge in [-0.15, -0.1) is 0 Å². The first-order valence-electron chi connectivity index (χ1n) is 8.35. The molecule has 3 N–H and O–H groups in total. The van der Waals surface area contributed by atoms with Crippen LogP contribution in [0, 0.1) is 5.92 Å². The smallest absolute Gasteiger partial charge is 0.230 e. The van der Waals surface area contributed by atoms with Crippen molar-refractivity contribution in [3.63, 3.8) is 0 Å². The van der Waals surface area contributed by atoms with Gasteiger partial charge in [-0.05, 0) is 42.9 Å². The number of nitrogens with one attached hydrogen (secondary N) is 1. The average Bonchev–Trinajstić information content (AvgIpc) is 3.31. The third-order valence-corrected chi connectivity index (χ3v) is 5.21. The second-order valence-corrected chi connectivity index (χ2v) is 6.75. The van der Waals surface area contributed by atoms with E-state index in [-0.39, 0.29) is 11.3 Å². The zero-order chi connectivity index (χ0) is 14.7. The summed E-state index contributed by atoms with van der Waals surface area (Å²) in [5.41, 5.74) is 7.34. The highest BCUT2D eigenvalue weighted by Gasteiger charge is 2.50. The molecule has 1 aromatic carbocycles. The molecule has 1 amide bonds. The van der Waals surface area contributed by atoms with Crippen molar-refractivity contribution >= 4 is 11.6 Å². The normalized spacial score (nSPS) is 21.0. The molecule has 2 aliphatic rings. The second-order valence-electron chi connectivity index (χ2n) is 6.75. The molecule has 0 spiro atoms. The van der Waals surface area contributed by atoms with Gasteiger partial charge < -0.3 is 11.1 Å². The third-order valence-electron chi connectivity index (χ3n) is 5.21. The molecule has 2 fully saturated rings. The summed E-state index contributed by atoms with van der Waals surface area (Å²) < 4.78 is 0. The zero-order valence-corrected chi connectivity index (χ0v) is 12.7. The fourth-order valence-electron chi connectivity index (χ4n) is 3.61. The van der Waals surface area contributed by atoms with E-state index in [9.17, 15) is 4.79 Å². The minimum absolute atomic E-state index is 0.211. The van der Waals surface area contributed by atoms with E-state index in [2.05, 4.69) is 5.32 Å². The molecule has 114 valence electrons. The standard InChI is InChI=1S/C18H26N2O/c19-16-8-6-15(7-9-16)18(11-12-18)17(21)20-13-10-14-4-2-1-3-5-14/h6-9,14H,1-5,10-13,19H2,(H,20,21). The lowest BCUT2D eigenvalue weighted by Crippen LogP contribution is -2.36. The molecule has 0 aliphatic heterocycles. The number of carbonyl (C=O) groups is 1. The van der Waals surface area contributed by atoms with Crippen LogP contribution >= 0.6 is 0 Å². The number of carbonyl (C=O) groups excluding carboxylic acids is 1. The van der Waals surface area contributed by atoms with Crippen LogP contribution in [0.2, 0.25) is 0 Å². The molecule has 2 aliphatic carbocycles. The van der Waals surface area contributed by atoms with Crippen molar-refractivity contribution in [1.29, 1.82) is 0 Å². The van der Waals surface area contributed by atoms with Crippen LogP contribution < -0.4 is 11.1 Å². The molecule has 0 unspecified atom stereocenters. The van der Waals surface area contributed by atoms with Gasteiger partial charge in [-0.3, -0.25) is 4.79 Å². The predicted molar refractivity (Wildman–Crippen MR) is 86.0 cm³/mol. The van der Waals surface area contributed by atoms with Crippen LogP contribution in [0.4, 0.5) is 5.69 Å². The lowest BCUT2D eigenvalue weighted by Gasteiger charge is -2.22. The highest BCUT2D eigenvalue weighted by molar-refractivity contribution is 5.91. The van der Waals surface area contributed by atoms with Crippen LogP contribution in [0.5, 0.6) is 0 Å². The van der Waals surface area contributed by atoms with E-state index in [1.807, 2.05) is 24.3 Å². The van der Waals surface area contributed by atoms with Crippen LogP contribution in [0.15, 0.2) is 24.3 Å². The Morgan fingerprint density at radius 3 is 2.43 bits per heavy atom. The van der Waals surface area contributed by atoms with Gasteiger partial charge in [0.05, 0.1) is 5.41 Å². The number of anilines is 1. The summed E-state index contributed by atoms with van der Waals surface area (Å²) in [6.07, 6.45) is 9.89. The van der Waals surface area contributed by atoms with Crippen molar-refractivity contribution in [1.82, 2.24) is 5.32 Å². The van der Waals surface area contributed by atoms with Crippen LogP contribution in [-0.4, -0.2) is 12.5 Å². The van der Waals surface area contributed by atoms with E-state index < -0.39 is 0 Å². The number of hydrogen-bond acceptors (Lipinski definition) is 2. The second kappa shape index (κ2) is 6.08. The molecule has 0 atom stereocenters. The Balaban J connectivity index is 1.51. The SMILES string of the molecule is Nc1ccc(C2(C(=O)NCCC3CCCCC3)CC2)cc1. The minimum Gasteiger partial charge on any atom is -0.399 e. The minimum atomic E-state index is -0.264. The topological polar surface area (TPSA) is 55.1 Å². The van der Waals surface area contributed by atoms with E-state index in [0.29, 0.717) is 0 Å². The Morgan fingerprint density at radius 2 is 1.81 bits per heavy atom. The number of amides is 1. The van der Waals surface area contributed by atoms with Crippen molar-refractivity contribution < 1.29 is 4.79 Å². The molecule has 3 nitrogen and oxygen atoms in total. The molecular weight excluding hydrogens is 260 g/mol. The van der Waals surface area contributed by atoms with Crippen molar-refractivity contribution in [3.05, 3.63) is 29.8 Å². The van der Waals surface area contributed by atoms with Gasteiger partial charge in [0.25, 0.3) is 0 Å². The monoisotopic (exact) mass is 286 g/mol. The summed E-state index contributed by atoms with van der Waals surface area (Å²) in [5.74, 6) is 1.04. The van der Waals surface area contributed by atoms with Gasteiger partial charge in [-0.25, -0.2) is 0 Å². The van der Waals surface area contributed by atoms with Gasteiger partial charge in [0, 0.05) is 12.2 Å². The molecule has 0 heterocycles. The maximum absolute atomic E-state index is 12.5. The van der Waals surface area contributed by atoms with E-state index in [1.54, 1.807) is 0 Å². The molecule has 2 saturated carbocycles. The summed E-state index contributed by atoms with van der Waals surface area (Å²) in [7, 11) is 0. The Morgan fingerprint density at radius 1 is 1.14 bits per heavy atom. The molecule has 3 rings (SSSR count). The first-order chi connectivity index (χ1) is 10.2. The Bertz CT molecular complexity index is 484. The molecule has 0 saturated heterocycles. The third kappa shape index (κ3) is 3.22. The van der Waals surface area contributed by atoms with Gasteiger partial charge in [-0.2, -0.15) is 0 Å². The summed E-state index contributed by atoms with van der Waals surface area (Å²) in [5, 5.41) is 3.18. The predicted octanol–water partition coefficient (Wildman–Crippen LogP) is 3.39. The number of hydrogen-bond donors (Lipinski definition) is 2. The van der Waals surface area contributed by atoms with Crippen LogP contribution in [-0.2, 0) is 10.2 Å². The Labute approximate surface area is 127 Å². The number of nitrogens with two attached hydrogens (primary N) is 1. The number of rotatable bonds is 5.